The monoisotopic (exact) mass is 341 g/mol. The van der Waals surface area contributed by atoms with E-state index in [9.17, 15) is 14.4 Å². The van der Waals surface area contributed by atoms with Crippen molar-refractivity contribution in [3.05, 3.63) is 42.0 Å². The van der Waals surface area contributed by atoms with Crippen molar-refractivity contribution in [1.82, 2.24) is 0 Å². The summed E-state index contributed by atoms with van der Waals surface area (Å²) in [5, 5.41) is 8.92. The zero-order valence-corrected chi connectivity index (χ0v) is 13.6. The van der Waals surface area contributed by atoms with Crippen molar-refractivity contribution in [2.75, 3.05) is 25.7 Å². The lowest BCUT2D eigenvalue weighted by atomic mass is 10.00. The van der Waals surface area contributed by atoms with Gasteiger partial charge in [-0.3, -0.25) is 19.3 Å². The highest BCUT2D eigenvalue weighted by Crippen LogP contribution is 2.37. The van der Waals surface area contributed by atoms with E-state index in [0.717, 1.165) is 10.5 Å². The number of aliphatic carboxylic acids is 1. The molecule has 0 aliphatic carbocycles. The second-order valence-electron chi connectivity index (χ2n) is 5.41. The SMILES string of the molecule is COc1ccc(-c2ccc3c(c2)C(=O)C(=O)N3CC(=O)O)c(OC)c1. The van der Waals surface area contributed by atoms with Gasteiger partial charge in [0.05, 0.1) is 25.5 Å². The fraction of sp³-hybridized carbons (Fsp3) is 0.167. The van der Waals surface area contributed by atoms with Crippen molar-refractivity contribution >= 4 is 23.3 Å². The molecule has 0 saturated heterocycles. The van der Waals surface area contributed by atoms with Gasteiger partial charge in [0.25, 0.3) is 11.7 Å². The molecular weight excluding hydrogens is 326 g/mol. The number of carboxylic acids is 1. The van der Waals surface area contributed by atoms with Crippen LogP contribution in [0, 0.1) is 0 Å². The largest absolute Gasteiger partial charge is 0.497 e. The first-order chi connectivity index (χ1) is 12.0. The molecule has 1 heterocycles. The number of nitrogens with zero attached hydrogens (tertiary/aromatic N) is 1. The standard InChI is InChI=1S/C18H15NO6/c1-24-11-4-5-12(15(8-11)25-2)10-3-6-14-13(7-10)17(22)18(23)19(14)9-16(20)21/h3-8H,9H2,1-2H3,(H,20,21). The molecule has 0 radical (unpaired) electrons. The van der Waals surface area contributed by atoms with Crippen molar-refractivity contribution in [1.29, 1.82) is 0 Å². The Morgan fingerprint density at radius 1 is 1.04 bits per heavy atom. The zero-order chi connectivity index (χ0) is 18.1. The molecule has 1 amide bonds. The third kappa shape index (κ3) is 2.80. The molecule has 0 atom stereocenters. The van der Waals surface area contributed by atoms with Crippen LogP contribution in [0.5, 0.6) is 11.5 Å². The Morgan fingerprint density at radius 2 is 1.80 bits per heavy atom. The van der Waals surface area contributed by atoms with Gasteiger partial charge in [0.15, 0.2) is 0 Å². The molecule has 0 bridgehead atoms. The number of amides is 1. The van der Waals surface area contributed by atoms with Crippen LogP contribution in [-0.4, -0.2) is 43.5 Å². The van der Waals surface area contributed by atoms with Crippen LogP contribution in [0.3, 0.4) is 0 Å². The summed E-state index contributed by atoms with van der Waals surface area (Å²) in [4.78, 5) is 36.1. The van der Waals surface area contributed by atoms with E-state index in [1.54, 1.807) is 43.5 Å². The Labute approximate surface area is 143 Å². The van der Waals surface area contributed by atoms with Gasteiger partial charge < -0.3 is 14.6 Å². The number of carbonyl (C=O) groups excluding carboxylic acids is 2. The van der Waals surface area contributed by atoms with Crippen LogP contribution in [-0.2, 0) is 9.59 Å². The molecule has 2 aromatic rings. The quantitative estimate of drug-likeness (QED) is 0.836. The number of anilines is 1. The third-order valence-electron chi connectivity index (χ3n) is 3.98. The fourth-order valence-electron chi connectivity index (χ4n) is 2.80. The first kappa shape index (κ1) is 16.5. The van der Waals surface area contributed by atoms with Crippen LogP contribution in [0.1, 0.15) is 10.4 Å². The van der Waals surface area contributed by atoms with Crippen molar-refractivity contribution in [2.45, 2.75) is 0 Å². The first-order valence-corrected chi connectivity index (χ1v) is 7.40. The maximum absolute atomic E-state index is 12.2. The smallest absolute Gasteiger partial charge is 0.323 e. The second kappa shape index (κ2) is 6.27. The van der Waals surface area contributed by atoms with Gasteiger partial charge in [0.1, 0.15) is 18.0 Å². The van der Waals surface area contributed by atoms with E-state index >= 15 is 0 Å². The van der Waals surface area contributed by atoms with E-state index in [0.29, 0.717) is 22.7 Å². The molecule has 0 aromatic heterocycles. The van der Waals surface area contributed by atoms with E-state index in [1.807, 2.05) is 0 Å². The predicted octanol–water partition coefficient (Wildman–Crippen LogP) is 1.98. The zero-order valence-electron chi connectivity index (χ0n) is 13.6. The summed E-state index contributed by atoms with van der Waals surface area (Å²) >= 11 is 0. The minimum Gasteiger partial charge on any atom is -0.497 e. The number of carbonyl (C=O) groups is 3. The summed E-state index contributed by atoms with van der Waals surface area (Å²) in [7, 11) is 3.07. The molecule has 1 aliphatic heterocycles. The lowest BCUT2D eigenvalue weighted by molar-refractivity contribution is -0.136. The Morgan fingerprint density at radius 3 is 2.44 bits per heavy atom. The van der Waals surface area contributed by atoms with Crippen LogP contribution >= 0.6 is 0 Å². The number of hydrogen-bond donors (Lipinski definition) is 1. The number of rotatable bonds is 5. The van der Waals surface area contributed by atoms with E-state index in [4.69, 9.17) is 14.6 Å². The molecule has 7 nitrogen and oxygen atoms in total. The Bertz CT molecular complexity index is 889. The molecule has 0 fully saturated rings. The minimum atomic E-state index is -1.19. The van der Waals surface area contributed by atoms with Crippen LogP contribution in [0.4, 0.5) is 5.69 Å². The summed E-state index contributed by atoms with van der Waals surface area (Å²) in [5.74, 6) is -1.56. The number of carboxylic acid groups (broad SMARTS) is 1. The first-order valence-electron chi connectivity index (χ1n) is 7.40. The summed E-state index contributed by atoms with van der Waals surface area (Å²) in [6, 6.07) is 10.1. The topological polar surface area (TPSA) is 93.1 Å². The summed E-state index contributed by atoms with van der Waals surface area (Å²) in [5.41, 5.74) is 1.88. The molecule has 3 rings (SSSR count). The van der Waals surface area contributed by atoms with E-state index in [-0.39, 0.29) is 5.56 Å². The molecule has 128 valence electrons. The predicted molar refractivity (Wildman–Crippen MR) is 89.3 cm³/mol. The van der Waals surface area contributed by atoms with Gasteiger partial charge in [-0.2, -0.15) is 0 Å². The van der Waals surface area contributed by atoms with Crippen LogP contribution in [0.2, 0.25) is 0 Å². The molecule has 1 N–H and O–H groups in total. The lowest BCUT2D eigenvalue weighted by Crippen LogP contribution is -2.34. The molecule has 2 aromatic carbocycles. The molecule has 25 heavy (non-hydrogen) atoms. The average Bonchev–Trinajstić information content (AvgIpc) is 2.85. The lowest BCUT2D eigenvalue weighted by Gasteiger charge is -2.14. The molecular formula is C18H15NO6. The van der Waals surface area contributed by atoms with Crippen molar-refractivity contribution in [3.8, 4) is 22.6 Å². The number of ether oxygens (including phenoxy) is 2. The van der Waals surface area contributed by atoms with Crippen molar-refractivity contribution < 1.29 is 29.0 Å². The minimum absolute atomic E-state index is 0.182. The van der Waals surface area contributed by atoms with Gasteiger partial charge >= 0.3 is 5.97 Å². The maximum atomic E-state index is 12.2. The molecule has 0 saturated carbocycles. The van der Waals surface area contributed by atoms with E-state index in [2.05, 4.69) is 0 Å². The highest BCUT2D eigenvalue weighted by atomic mass is 16.5. The number of Topliss-reactive ketones (excluding diaryl/α,β-unsaturated/α-hetero) is 1. The summed E-state index contributed by atoms with van der Waals surface area (Å²) in [6.07, 6.45) is 0. The number of methoxy groups -OCH3 is 2. The number of ketones is 1. The number of hydrogen-bond acceptors (Lipinski definition) is 5. The molecule has 7 heteroatoms. The van der Waals surface area contributed by atoms with Gasteiger partial charge in [0.2, 0.25) is 0 Å². The van der Waals surface area contributed by atoms with Gasteiger partial charge in [-0.05, 0) is 29.8 Å². The van der Waals surface area contributed by atoms with Crippen LogP contribution in [0.15, 0.2) is 36.4 Å². The van der Waals surface area contributed by atoms with Gasteiger partial charge in [-0.15, -0.1) is 0 Å². The summed E-state index contributed by atoms with van der Waals surface area (Å²) in [6.45, 7) is -0.553. The van der Waals surface area contributed by atoms with Crippen molar-refractivity contribution in [2.24, 2.45) is 0 Å². The molecule has 0 spiro atoms. The third-order valence-corrected chi connectivity index (χ3v) is 3.98. The highest BCUT2D eigenvalue weighted by molar-refractivity contribution is 6.52. The Kier molecular flexibility index (Phi) is 4.14. The number of fused-ring (bicyclic) bond motifs is 1. The van der Waals surface area contributed by atoms with Gasteiger partial charge in [-0.1, -0.05) is 6.07 Å². The summed E-state index contributed by atoms with van der Waals surface area (Å²) < 4.78 is 10.5. The average molecular weight is 341 g/mol. The maximum Gasteiger partial charge on any atom is 0.323 e. The van der Waals surface area contributed by atoms with E-state index < -0.39 is 24.2 Å². The molecule has 0 unspecified atom stereocenters. The van der Waals surface area contributed by atoms with Crippen LogP contribution in [0.25, 0.3) is 11.1 Å². The van der Waals surface area contributed by atoms with E-state index in [1.165, 1.54) is 7.11 Å². The van der Waals surface area contributed by atoms with Gasteiger partial charge in [0, 0.05) is 11.6 Å². The normalized spacial score (nSPS) is 13.0. The number of benzene rings is 2. The Hall–Kier alpha value is -3.35. The fourth-order valence-corrected chi connectivity index (χ4v) is 2.80. The Balaban J connectivity index is 2.07. The van der Waals surface area contributed by atoms with Crippen LogP contribution < -0.4 is 14.4 Å². The molecule has 1 aliphatic rings. The highest BCUT2D eigenvalue weighted by Gasteiger charge is 2.37. The van der Waals surface area contributed by atoms with Crippen molar-refractivity contribution in [3.63, 3.8) is 0 Å². The second-order valence-corrected chi connectivity index (χ2v) is 5.41. The van der Waals surface area contributed by atoms with Gasteiger partial charge in [-0.25, -0.2) is 0 Å².